The first-order chi connectivity index (χ1) is 27.9. The Kier molecular flexibility index (Phi) is 12.4. The predicted octanol–water partition coefficient (Wildman–Crippen LogP) is 5.52. The number of sulfonamides is 1. The smallest absolute Gasteiger partial charge is 0.408 e. The topological polar surface area (TPSA) is 182 Å². The summed E-state index contributed by atoms with van der Waals surface area (Å²) in [6.45, 7) is 12.4. The van der Waals surface area contributed by atoms with Crippen molar-refractivity contribution in [2.75, 3.05) is 13.7 Å². The van der Waals surface area contributed by atoms with Gasteiger partial charge in [-0.2, -0.15) is 0 Å². The van der Waals surface area contributed by atoms with E-state index in [1.165, 1.54) is 11.0 Å². The van der Waals surface area contributed by atoms with Gasteiger partial charge in [-0.15, -0.1) is 6.58 Å². The molecule has 4 unspecified atom stereocenters. The second-order valence-corrected chi connectivity index (χ2v) is 18.0. The number of hydrogen-bond donors (Lipinski definition) is 3. The molecule has 1 saturated heterocycles. The van der Waals surface area contributed by atoms with Crippen LogP contribution in [0, 0.1) is 11.8 Å². The van der Waals surface area contributed by atoms with Gasteiger partial charge in [0.05, 0.1) is 30.6 Å². The highest BCUT2D eigenvalue weighted by Gasteiger charge is 2.61. The summed E-state index contributed by atoms with van der Waals surface area (Å²) in [5.41, 5.74) is 0.0719. The lowest BCUT2D eigenvalue weighted by atomic mass is 10.0. The van der Waals surface area contributed by atoms with Gasteiger partial charge in [-0.3, -0.25) is 19.1 Å². The molecule has 2 heterocycles. The van der Waals surface area contributed by atoms with Crippen molar-refractivity contribution >= 4 is 44.7 Å². The van der Waals surface area contributed by atoms with E-state index in [2.05, 4.69) is 21.9 Å². The van der Waals surface area contributed by atoms with Gasteiger partial charge in [0.25, 0.3) is 5.91 Å². The lowest BCUT2D eigenvalue weighted by molar-refractivity contribution is -0.141. The Bertz CT molecular complexity index is 2330. The maximum Gasteiger partial charge on any atom is 0.408 e. The van der Waals surface area contributed by atoms with Crippen LogP contribution in [0.1, 0.15) is 53.0 Å². The van der Waals surface area contributed by atoms with E-state index < -0.39 is 80.8 Å². The fourth-order valence-electron chi connectivity index (χ4n) is 7.24. The summed E-state index contributed by atoms with van der Waals surface area (Å²) < 4.78 is 46.1. The Morgan fingerprint density at radius 3 is 2.29 bits per heavy atom. The number of nitrogens with one attached hydrogen (secondary N) is 3. The van der Waals surface area contributed by atoms with Crippen molar-refractivity contribution in [2.24, 2.45) is 11.8 Å². The number of carbonyl (C=O) groups is 4. The lowest BCUT2D eigenvalue weighted by Gasteiger charge is -2.31. The molecule has 4 amide bonds. The average Bonchev–Trinajstić information content (AvgIpc) is 3.74. The molecule has 2 aliphatic rings. The van der Waals surface area contributed by atoms with Crippen LogP contribution in [0.2, 0.25) is 0 Å². The van der Waals surface area contributed by atoms with Gasteiger partial charge in [-0.05, 0) is 50.8 Å². The molecule has 0 bridgehead atoms. The molecular weight excluding hydrogens is 775 g/mol. The minimum Gasteiger partial charge on any atom is -0.497 e. The molecule has 1 aromatic heterocycles. The van der Waals surface area contributed by atoms with E-state index in [-0.39, 0.29) is 19.4 Å². The lowest BCUT2D eigenvalue weighted by Crippen LogP contribution is -2.59. The molecule has 3 N–H and O–H groups in total. The molecular formula is C44H51N5O9S. The number of amides is 4. The number of aromatic nitrogens is 1. The minimum absolute atomic E-state index is 0.00176. The standard InChI is InChI=1S/C44H51N5O9S/c1-8-30-24-44(30,41(52)48-59(54,55)26-28-15-11-9-12-16-28)47-39(50)36-22-32(25-49(36)40(51)38(27(2)3)46-42(53)58-43(4,5)6)57-37-23-34(29-17-13-10-14-18-29)45-35-21-31(56-7)19-20-33(35)37/h8-21,23,27,30,32,36,38H,1,22,24-26H2,2-7H3,(H,46,53)(H,47,50)(H,48,52)/t30?,32?,36?,38-,44?/m0/s1. The van der Waals surface area contributed by atoms with Crippen LogP contribution in [-0.2, 0) is 34.9 Å². The summed E-state index contributed by atoms with van der Waals surface area (Å²) in [6, 6.07) is 22.9. The molecule has 3 aromatic carbocycles. The molecule has 6 rings (SSSR count). The number of nitrogens with zero attached hydrogens (tertiary/aromatic N) is 2. The van der Waals surface area contributed by atoms with Gasteiger partial charge in [0.2, 0.25) is 21.8 Å². The molecule has 312 valence electrons. The van der Waals surface area contributed by atoms with Gasteiger partial charge in [-0.25, -0.2) is 18.2 Å². The second-order valence-electron chi connectivity index (χ2n) is 16.3. The normalized spacial score (nSPS) is 20.7. The van der Waals surface area contributed by atoms with Gasteiger partial charge in [0.1, 0.15) is 40.8 Å². The van der Waals surface area contributed by atoms with Crippen LogP contribution in [0.5, 0.6) is 11.5 Å². The van der Waals surface area contributed by atoms with Crippen LogP contribution in [0.4, 0.5) is 4.79 Å². The molecule has 14 nitrogen and oxygen atoms in total. The van der Waals surface area contributed by atoms with Crippen molar-refractivity contribution in [3.05, 3.63) is 103 Å². The zero-order chi connectivity index (χ0) is 42.7. The number of rotatable bonds is 14. The monoisotopic (exact) mass is 825 g/mol. The minimum atomic E-state index is -4.16. The highest BCUT2D eigenvalue weighted by molar-refractivity contribution is 7.89. The summed E-state index contributed by atoms with van der Waals surface area (Å²) >= 11 is 0. The number of hydrogen-bond acceptors (Lipinski definition) is 10. The molecule has 59 heavy (non-hydrogen) atoms. The molecule has 0 spiro atoms. The Balaban J connectivity index is 1.32. The Hall–Kier alpha value is -5.96. The summed E-state index contributed by atoms with van der Waals surface area (Å²) in [5, 5.41) is 6.16. The number of fused-ring (bicyclic) bond motifs is 1. The number of methoxy groups -OCH3 is 1. The van der Waals surface area contributed by atoms with Gasteiger partial charge in [0.15, 0.2) is 0 Å². The fraction of sp³-hybridized carbons (Fsp3) is 0.386. The van der Waals surface area contributed by atoms with Crippen molar-refractivity contribution in [3.8, 4) is 22.8 Å². The van der Waals surface area contributed by atoms with Crippen LogP contribution in [0.25, 0.3) is 22.2 Å². The van der Waals surface area contributed by atoms with Crippen molar-refractivity contribution in [2.45, 2.75) is 82.5 Å². The molecule has 2 fully saturated rings. The van der Waals surface area contributed by atoms with Gasteiger partial charge < -0.3 is 29.7 Å². The molecule has 4 aromatic rings. The third-order valence-corrected chi connectivity index (χ3v) is 11.5. The van der Waals surface area contributed by atoms with E-state index in [1.54, 1.807) is 90.3 Å². The third-order valence-electron chi connectivity index (χ3n) is 10.3. The van der Waals surface area contributed by atoms with E-state index in [4.69, 9.17) is 19.2 Å². The number of ether oxygens (including phenoxy) is 3. The first-order valence-corrected chi connectivity index (χ1v) is 21.1. The maximum absolute atomic E-state index is 14.5. The van der Waals surface area contributed by atoms with E-state index in [9.17, 15) is 27.6 Å². The Labute approximate surface area is 344 Å². The summed E-state index contributed by atoms with van der Waals surface area (Å²) in [4.78, 5) is 62.0. The third kappa shape index (κ3) is 10.0. The highest BCUT2D eigenvalue weighted by atomic mass is 32.2. The van der Waals surface area contributed by atoms with Crippen molar-refractivity contribution in [1.29, 1.82) is 0 Å². The van der Waals surface area contributed by atoms with Crippen molar-refractivity contribution < 1.29 is 41.8 Å². The number of likely N-dealkylation sites (tertiary alicyclic amines) is 1. The molecule has 15 heteroatoms. The highest BCUT2D eigenvalue weighted by Crippen LogP contribution is 2.45. The summed E-state index contributed by atoms with van der Waals surface area (Å²) in [6.07, 6.45) is 0.0346. The first kappa shape index (κ1) is 42.6. The van der Waals surface area contributed by atoms with Crippen LogP contribution < -0.4 is 24.8 Å². The molecule has 0 radical (unpaired) electrons. The zero-order valence-electron chi connectivity index (χ0n) is 34.1. The van der Waals surface area contributed by atoms with Crippen LogP contribution >= 0.6 is 0 Å². The fourth-order valence-corrected chi connectivity index (χ4v) is 8.41. The van der Waals surface area contributed by atoms with Gasteiger partial charge in [-0.1, -0.05) is 80.6 Å². The zero-order valence-corrected chi connectivity index (χ0v) is 34.9. The summed E-state index contributed by atoms with van der Waals surface area (Å²) in [5.74, 6) is -2.57. The van der Waals surface area contributed by atoms with Crippen molar-refractivity contribution in [1.82, 2.24) is 25.2 Å². The Morgan fingerprint density at radius 1 is 1.00 bits per heavy atom. The van der Waals surface area contributed by atoms with Gasteiger partial charge in [0, 0.05) is 35.4 Å². The van der Waals surface area contributed by atoms with E-state index in [0.29, 0.717) is 33.7 Å². The second kappa shape index (κ2) is 17.1. The van der Waals surface area contributed by atoms with Crippen LogP contribution in [-0.4, -0.2) is 85.1 Å². The number of pyridine rings is 1. The van der Waals surface area contributed by atoms with Gasteiger partial charge >= 0.3 is 6.09 Å². The van der Waals surface area contributed by atoms with Crippen molar-refractivity contribution in [3.63, 3.8) is 0 Å². The Morgan fingerprint density at radius 2 is 1.68 bits per heavy atom. The number of carbonyl (C=O) groups excluding carboxylic acids is 4. The van der Waals surface area contributed by atoms with Crippen LogP contribution in [0.3, 0.4) is 0 Å². The number of benzene rings is 3. The SMILES string of the molecule is C=CC1CC1(NC(=O)C1CC(Oc2cc(-c3ccccc3)nc3cc(OC)ccc23)CN1C(=O)[C@@H](NC(=O)OC(C)(C)C)C(C)C)C(=O)NS(=O)(=O)Cc1ccccc1. The summed E-state index contributed by atoms with van der Waals surface area (Å²) in [7, 11) is -2.59. The maximum atomic E-state index is 14.5. The van der Waals surface area contributed by atoms with Crippen LogP contribution in [0.15, 0.2) is 97.6 Å². The van der Waals surface area contributed by atoms with E-state index >= 15 is 0 Å². The molecule has 1 aliphatic heterocycles. The molecule has 1 saturated carbocycles. The molecule has 5 atom stereocenters. The van der Waals surface area contributed by atoms with E-state index in [1.807, 2.05) is 36.4 Å². The number of alkyl carbamates (subject to hydrolysis) is 1. The van der Waals surface area contributed by atoms with E-state index in [0.717, 1.165) is 5.56 Å². The first-order valence-electron chi connectivity index (χ1n) is 19.5. The quantitative estimate of drug-likeness (QED) is 0.137. The molecule has 1 aliphatic carbocycles. The average molecular weight is 826 g/mol. The predicted molar refractivity (Wildman–Crippen MR) is 223 cm³/mol. The largest absolute Gasteiger partial charge is 0.497 e.